The van der Waals surface area contributed by atoms with Crippen molar-refractivity contribution in [3.05, 3.63) is 35.2 Å². The number of nitrogens with zero attached hydrogens (tertiary/aromatic N) is 3. The lowest BCUT2D eigenvalue weighted by atomic mass is 9.77. The number of aromatic amines is 1. The van der Waals surface area contributed by atoms with Crippen LogP contribution in [0.4, 0.5) is 0 Å². The maximum absolute atomic E-state index is 12.0. The van der Waals surface area contributed by atoms with Crippen molar-refractivity contribution >= 4 is 53.5 Å². The first-order valence-corrected chi connectivity index (χ1v) is 15.2. The van der Waals surface area contributed by atoms with Crippen molar-refractivity contribution in [1.29, 1.82) is 0 Å². The number of aromatic nitrogens is 4. The van der Waals surface area contributed by atoms with Crippen LogP contribution in [0.15, 0.2) is 29.6 Å². The minimum atomic E-state index is -2.54. The molecule has 0 spiro atoms. The van der Waals surface area contributed by atoms with E-state index < -0.39 is 18.0 Å². The van der Waals surface area contributed by atoms with E-state index in [4.69, 9.17) is 25.6 Å². The van der Waals surface area contributed by atoms with Gasteiger partial charge in [-0.1, -0.05) is 30.5 Å². The van der Waals surface area contributed by atoms with Gasteiger partial charge in [0.1, 0.15) is 6.10 Å². The molecule has 5 rings (SSSR count). The maximum atomic E-state index is 12.0. The van der Waals surface area contributed by atoms with Gasteiger partial charge in [-0.15, -0.1) is 0 Å². The molecule has 0 aromatic carbocycles. The molecule has 4 heterocycles. The van der Waals surface area contributed by atoms with Crippen LogP contribution in [0, 0.1) is 11.8 Å². The Labute approximate surface area is 214 Å². The van der Waals surface area contributed by atoms with Crippen molar-refractivity contribution in [2.75, 3.05) is 6.61 Å². The monoisotopic (exact) mass is 546 g/mol. The summed E-state index contributed by atoms with van der Waals surface area (Å²) in [5, 5.41) is 10.9. The lowest BCUT2D eigenvalue weighted by Crippen LogP contribution is -2.39. The van der Waals surface area contributed by atoms with Gasteiger partial charge in [0, 0.05) is 10.7 Å². The third-order valence-electron chi connectivity index (χ3n) is 7.21. The van der Waals surface area contributed by atoms with E-state index in [0.29, 0.717) is 11.6 Å². The second-order valence-electron chi connectivity index (χ2n) is 9.53. The minimum Gasteiger partial charge on any atom is -0.388 e. The van der Waals surface area contributed by atoms with Gasteiger partial charge in [0.05, 0.1) is 31.5 Å². The molecule has 3 fully saturated rings. The summed E-state index contributed by atoms with van der Waals surface area (Å²) in [6, 6.07) is 0. The lowest BCUT2D eigenvalue weighted by Gasteiger charge is -2.37. The Morgan fingerprint density at radius 2 is 2.29 bits per heavy atom. The second kappa shape index (κ2) is 9.63. The number of ether oxygens (including phenoxy) is 1. The van der Waals surface area contributed by atoms with E-state index in [1.807, 2.05) is 6.92 Å². The summed E-state index contributed by atoms with van der Waals surface area (Å²) in [7, 11) is 0. The van der Waals surface area contributed by atoms with Crippen molar-refractivity contribution < 1.29 is 18.9 Å². The molecule has 1 aliphatic carbocycles. The van der Waals surface area contributed by atoms with E-state index in [-0.39, 0.29) is 54.1 Å². The number of aliphatic hydroxyl groups excluding tert-OH is 1. The molecule has 188 valence electrons. The van der Waals surface area contributed by atoms with Gasteiger partial charge >= 0.3 is 0 Å². The SMILES string of the molecule is C=C(C)[C@@H]1CC[C@]2(C)S[P@@](=S)(OC[C@H]3O[C@@H](n4cnc5c(=O)[nH]cnc54)[C@H](O)[C@@H]3C)O[C@H]2C1.S. The molecule has 2 aromatic heterocycles. The van der Waals surface area contributed by atoms with Gasteiger partial charge in [-0.25, -0.2) is 9.97 Å². The zero-order chi connectivity index (χ0) is 23.5. The summed E-state index contributed by atoms with van der Waals surface area (Å²) in [5.41, 5.74) is -1.11. The zero-order valence-corrected chi connectivity index (χ0v) is 22.9. The predicted octanol–water partition coefficient (Wildman–Crippen LogP) is 3.63. The van der Waals surface area contributed by atoms with E-state index in [9.17, 15) is 9.90 Å². The first kappa shape index (κ1) is 26.3. The van der Waals surface area contributed by atoms with Crippen LogP contribution >= 0.6 is 30.6 Å². The number of allylic oxidation sites excluding steroid dienone is 1. The summed E-state index contributed by atoms with van der Waals surface area (Å²) < 4.78 is 20.3. The van der Waals surface area contributed by atoms with Crippen molar-refractivity contribution in [2.45, 2.75) is 69.3 Å². The van der Waals surface area contributed by atoms with Crippen LogP contribution in [0.2, 0.25) is 0 Å². The van der Waals surface area contributed by atoms with Crippen LogP contribution in [0.5, 0.6) is 0 Å². The molecule has 0 radical (unpaired) electrons. The van der Waals surface area contributed by atoms with Gasteiger partial charge in [0.25, 0.3) is 5.56 Å². The van der Waals surface area contributed by atoms with E-state index in [0.717, 1.165) is 19.3 Å². The van der Waals surface area contributed by atoms with Gasteiger partial charge in [-0.05, 0) is 50.8 Å². The van der Waals surface area contributed by atoms with Crippen LogP contribution < -0.4 is 5.56 Å². The van der Waals surface area contributed by atoms with Crippen LogP contribution in [0.25, 0.3) is 11.2 Å². The summed E-state index contributed by atoms with van der Waals surface area (Å²) in [6.45, 7) is 10.6. The number of hydrogen-bond acceptors (Lipinski definition) is 9. The fraction of sp³-hybridized carbons (Fsp3) is 0.667. The summed E-state index contributed by atoms with van der Waals surface area (Å²) in [4.78, 5) is 22.8. The Morgan fingerprint density at radius 3 is 3.03 bits per heavy atom. The molecule has 1 saturated carbocycles. The molecule has 13 heteroatoms. The van der Waals surface area contributed by atoms with Gasteiger partial charge in [-0.2, -0.15) is 13.5 Å². The molecule has 0 amide bonds. The van der Waals surface area contributed by atoms with Crippen molar-refractivity contribution in [3.8, 4) is 0 Å². The Balaban J connectivity index is 0.00000274. The molecule has 0 unspecified atom stereocenters. The number of imidazole rings is 1. The first-order chi connectivity index (χ1) is 15.6. The molecule has 8 atom stereocenters. The van der Waals surface area contributed by atoms with Gasteiger partial charge in [0.2, 0.25) is 5.69 Å². The van der Waals surface area contributed by atoms with E-state index in [2.05, 4.69) is 35.4 Å². The van der Waals surface area contributed by atoms with Crippen molar-refractivity contribution in [3.63, 3.8) is 0 Å². The Hall–Kier alpha value is -0.720. The van der Waals surface area contributed by atoms with Crippen LogP contribution in [-0.2, 0) is 25.6 Å². The van der Waals surface area contributed by atoms with Crippen LogP contribution in [-0.4, -0.2) is 54.3 Å². The Bertz CT molecular complexity index is 1190. The third kappa shape index (κ3) is 4.56. The summed E-state index contributed by atoms with van der Waals surface area (Å²) in [6.07, 6.45) is 3.98. The smallest absolute Gasteiger partial charge is 0.278 e. The maximum Gasteiger partial charge on any atom is 0.278 e. The summed E-state index contributed by atoms with van der Waals surface area (Å²) >= 11 is 7.54. The number of nitrogens with one attached hydrogen (secondary N) is 1. The van der Waals surface area contributed by atoms with Crippen LogP contribution in [0.1, 0.15) is 46.3 Å². The van der Waals surface area contributed by atoms with Crippen LogP contribution in [0.3, 0.4) is 0 Å². The molecule has 2 saturated heterocycles. The predicted molar refractivity (Wildman–Crippen MR) is 141 cm³/mol. The molecule has 3 aliphatic rings. The highest BCUT2D eigenvalue weighted by atomic mass is 32.9. The normalized spacial score (nSPS) is 39.6. The first-order valence-electron chi connectivity index (χ1n) is 11.1. The highest BCUT2D eigenvalue weighted by molar-refractivity contribution is 8.68. The molecular formula is C21H31N4O5PS3. The molecule has 9 nitrogen and oxygen atoms in total. The molecule has 2 N–H and O–H groups in total. The second-order valence-corrected chi connectivity index (χ2v) is 16.1. The lowest BCUT2D eigenvalue weighted by molar-refractivity contribution is -0.0464. The fourth-order valence-corrected chi connectivity index (χ4v) is 12.1. The van der Waals surface area contributed by atoms with E-state index in [1.165, 1.54) is 18.2 Å². The zero-order valence-electron chi connectivity index (χ0n) is 19.3. The number of aliphatic hydroxyl groups is 1. The Kier molecular flexibility index (Phi) is 7.46. The number of fused-ring (bicyclic) bond motifs is 2. The third-order valence-corrected chi connectivity index (χ3v) is 13.0. The van der Waals surface area contributed by atoms with E-state index in [1.54, 1.807) is 15.9 Å². The number of hydrogen-bond donors (Lipinski definition) is 2. The molecule has 2 aromatic rings. The number of H-pyrrole nitrogens is 1. The average molecular weight is 547 g/mol. The van der Waals surface area contributed by atoms with E-state index >= 15 is 0 Å². The fourth-order valence-electron chi connectivity index (χ4n) is 4.94. The quantitative estimate of drug-likeness (QED) is 0.429. The van der Waals surface area contributed by atoms with Gasteiger partial charge in [0.15, 0.2) is 17.4 Å². The summed E-state index contributed by atoms with van der Waals surface area (Å²) in [5.74, 6) is 0.250. The standard InChI is InChI=1S/C21H29N4O5PS2.H2S/c1-11(2)13-5-6-21(4)15(7-13)30-31(32,33-21)28-8-14-12(3)17(26)20(29-14)25-10-24-16-18(25)22-9-23-19(16)27;/h9-10,12-15,17,20,26H,1,5-8H2,2-4H3,(H,22,23,27);1H2/t12-,13-,14-,15+,17-,20-,21+,31+;/m1./s1. The Morgan fingerprint density at radius 1 is 1.53 bits per heavy atom. The highest BCUT2D eigenvalue weighted by Gasteiger charge is 2.54. The van der Waals surface area contributed by atoms with Gasteiger partial charge in [-0.3, -0.25) is 9.36 Å². The number of rotatable bonds is 5. The average Bonchev–Trinajstić information content (AvgIpc) is 3.39. The van der Waals surface area contributed by atoms with Crippen molar-refractivity contribution in [1.82, 2.24) is 19.5 Å². The molecule has 0 bridgehead atoms. The van der Waals surface area contributed by atoms with Crippen molar-refractivity contribution in [2.24, 2.45) is 11.8 Å². The van der Waals surface area contributed by atoms with Gasteiger partial charge < -0.3 is 23.9 Å². The molecule has 34 heavy (non-hydrogen) atoms. The topological polar surface area (TPSA) is 111 Å². The molecular weight excluding hydrogens is 515 g/mol. The largest absolute Gasteiger partial charge is 0.388 e. The highest BCUT2D eigenvalue weighted by Crippen LogP contribution is 2.75. The minimum absolute atomic E-state index is 0. The molecule has 2 aliphatic heterocycles.